The summed E-state index contributed by atoms with van der Waals surface area (Å²) in [4.78, 5) is 32.2. The summed E-state index contributed by atoms with van der Waals surface area (Å²) in [6, 6.07) is 11.8. The number of benzene rings is 2. The van der Waals surface area contributed by atoms with Crippen molar-refractivity contribution in [2.75, 3.05) is 30.3 Å². The van der Waals surface area contributed by atoms with Crippen LogP contribution in [0.2, 0.25) is 0 Å². The molecule has 4 rings (SSSR count). The van der Waals surface area contributed by atoms with Gasteiger partial charge in [-0.05, 0) is 42.9 Å². The van der Waals surface area contributed by atoms with Gasteiger partial charge in [-0.2, -0.15) is 0 Å². The molecule has 1 atom stereocenters. The van der Waals surface area contributed by atoms with E-state index in [4.69, 9.17) is 0 Å². The van der Waals surface area contributed by atoms with Gasteiger partial charge in [-0.15, -0.1) is 0 Å². The average Bonchev–Trinajstić information content (AvgIpc) is 3.10. The number of nitrogens with zero attached hydrogens (tertiary/aromatic N) is 3. The van der Waals surface area contributed by atoms with Gasteiger partial charge in [-0.3, -0.25) is 14.9 Å². The van der Waals surface area contributed by atoms with Gasteiger partial charge in [0, 0.05) is 25.2 Å². The van der Waals surface area contributed by atoms with E-state index in [0.717, 1.165) is 30.7 Å². The minimum absolute atomic E-state index is 0.00411. The number of anilines is 2. The summed E-state index contributed by atoms with van der Waals surface area (Å²) < 4.78 is 15.6. The molecule has 1 aromatic heterocycles. The standard InChI is InChI=1S/C23H26FN5O2/c1-3-28(4-2)11-12-29-20-8-6-5-7-18(20)26-23(29)27-22(31)17-14-21(30)25-19-13-15(24)9-10-16(17)19/h5-10,13,17H,3-4,11-12,14H2,1-2H3,(H,25,30)(H,26,27,31)/t17-/m0/s1. The highest BCUT2D eigenvalue weighted by Gasteiger charge is 2.31. The van der Waals surface area contributed by atoms with Crippen molar-refractivity contribution >= 4 is 34.5 Å². The van der Waals surface area contributed by atoms with Crippen LogP contribution < -0.4 is 10.6 Å². The van der Waals surface area contributed by atoms with Gasteiger partial charge in [0.05, 0.1) is 17.0 Å². The fraction of sp³-hybridized carbons (Fsp3) is 0.348. The molecule has 2 aromatic carbocycles. The Balaban J connectivity index is 1.63. The summed E-state index contributed by atoms with van der Waals surface area (Å²) in [5.74, 6) is -1.36. The van der Waals surface area contributed by atoms with Crippen LogP contribution in [0, 0.1) is 5.82 Å². The van der Waals surface area contributed by atoms with Crippen molar-refractivity contribution in [3.05, 3.63) is 53.8 Å². The molecule has 2 N–H and O–H groups in total. The Morgan fingerprint density at radius 1 is 1.26 bits per heavy atom. The average molecular weight is 423 g/mol. The molecule has 0 spiro atoms. The lowest BCUT2D eigenvalue weighted by molar-refractivity contribution is -0.123. The smallest absolute Gasteiger partial charge is 0.234 e. The number of hydrogen-bond donors (Lipinski definition) is 2. The Bertz CT molecular complexity index is 1120. The van der Waals surface area contributed by atoms with Crippen molar-refractivity contribution in [1.82, 2.24) is 14.5 Å². The molecule has 7 nitrogen and oxygen atoms in total. The number of nitrogens with one attached hydrogen (secondary N) is 2. The van der Waals surface area contributed by atoms with E-state index in [1.807, 2.05) is 28.8 Å². The van der Waals surface area contributed by atoms with E-state index < -0.39 is 11.7 Å². The summed E-state index contributed by atoms with van der Waals surface area (Å²) in [5, 5.41) is 5.57. The van der Waals surface area contributed by atoms with Gasteiger partial charge in [0.15, 0.2) is 0 Å². The Morgan fingerprint density at radius 3 is 2.81 bits per heavy atom. The molecule has 2 amide bonds. The number of hydrogen-bond acceptors (Lipinski definition) is 4. The zero-order valence-corrected chi connectivity index (χ0v) is 17.7. The van der Waals surface area contributed by atoms with Crippen LogP contribution in [0.1, 0.15) is 31.7 Å². The lowest BCUT2D eigenvalue weighted by atomic mass is 9.90. The molecule has 2 heterocycles. The van der Waals surface area contributed by atoms with Gasteiger partial charge in [-0.1, -0.05) is 32.0 Å². The van der Waals surface area contributed by atoms with E-state index in [-0.39, 0.29) is 18.2 Å². The van der Waals surface area contributed by atoms with E-state index in [9.17, 15) is 14.0 Å². The van der Waals surface area contributed by atoms with Crippen molar-refractivity contribution in [3.63, 3.8) is 0 Å². The molecule has 1 aliphatic rings. The zero-order valence-electron chi connectivity index (χ0n) is 17.7. The zero-order chi connectivity index (χ0) is 22.0. The lowest BCUT2D eigenvalue weighted by Crippen LogP contribution is -2.32. The molecule has 0 radical (unpaired) electrons. The molecule has 162 valence electrons. The van der Waals surface area contributed by atoms with Gasteiger partial charge in [0.1, 0.15) is 5.82 Å². The topological polar surface area (TPSA) is 79.3 Å². The Kier molecular flexibility index (Phi) is 5.99. The van der Waals surface area contributed by atoms with E-state index in [0.29, 0.717) is 23.7 Å². The third-order valence-electron chi connectivity index (χ3n) is 5.79. The predicted molar refractivity (Wildman–Crippen MR) is 119 cm³/mol. The largest absolute Gasteiger partial charge is 0.326 e. The quantitative estimate of drug-likeness (QED) is 0.609. The maximum absolute atomic E-state index is 13.6. The van der Waals surface area contributed by atoms with E-state index >= 15 is 0 Å². The second-order valence-corrected chi connectivity index (χ2v) is 7.63. The summed E-state index contributed by atoms with van der Waals surface area (Å²) in [7, 11) is 0. The van der Waals surface area contributed by atoms with Crippen LogP contribution in [0.25, 0.3) is 11.0 Å². The highest BCUT2D eigenvalue weighted by atomic mass is 19.1. The number of fused-ring (bicyclic) bond motifs is 2. The number of carbonyl (C=O) groups excluding carboxylic acids is 2. The molecule has 8 heteroatoms. The van der Waals surface area contributed by atoms with Crippen molar-refractivity contribution in [3.8, 4) is 0 Å². The molecule has 0 aliphatic carbocycles. The van der Waals surface area contributed by atoms with Crippen molar-refractivity contribution < 1.29 is 14.0 Å². The number of carbonyl (C=O) groups is 2. The third kappa shape index (κ3) is 4.29. The van der Waals surface area contributed by atoms with Gasteiger partial charge in [0.2, 0.25) is 17.8 Å². The second kappa shape index (κ2) is 8.85. The van der Waals surface area contributed by atoms with E-state index in [1.54, 1.807) is 6.07 Å². The van der Waals surface area contributed by atoms with Crippen LogP contribution in [0.15, 0.2) is 42.5 Å². The Hall–Kier alpha value is -3.26. The van der Waals surface area contributed by atoms with Crippen LogP contribution >= 0.6 is 0 Å². The number of halogens is 1. The SMILES string of the molecule is CCN(CC)CCn1c(NC(=O)[C@H]2CC(=O)Nc3cc(F)ccc32)nc2ccccc21. The monoisotopic (exact) mass is 423 g/mol. The van der Waals surface area contributed by atoms with Crippen molar-refractivity contribution in [2.45, 2.75) is 32.7 Å². The number of aromatic nitrogens is 2. The number of amides is 2. The fourth-order valence-electron chi connectivity index (χ4n) is 4.05. The summed E-state index contributed by atoms with van der Waals surface area (Å²) >= 11 is 0. The Morgan fingerprint density at radius 2 is 2.03 bits per heavy atom. The van der Waals surface area contributed by atoms with E-state index in [2.05, 4.69) is 34.4 Å². The summed E-state index contributed by atoms with van der Waals surface area (Å²) in [6.07, 6.45) is 0.00411. The predicted octanol–water partition coefficient (Wildman–Crippen LogP) is 3.58. The fourth-order valence-corrected chi connectivity index (χ4v) is 4.05. The highest BCUT2D eigenvalue weighted by molar-refractivity contribution is 6.05. The first-order chi connectivity index (χ1) is 15.0. The first-order valence-corrected chi connectivity index (χ1v) is 10.6. The Labute approximate surface area is 180 Å². The van der Waals surface area contributed by atoms with Gasteiger partial charge < -0.3 is 14.8 Å². The van der Waals surface area contributed by atoms with Gasteiger partial charge >= 0.3 is 0 Å². The molecule has 0 bridgehead atoms. The highest BCUT2D eigenvalue weighted by Crippen LogP contribution is 2.33. The van der Waals surface area contributed by atoms with Crippen LogP contribution in [0.3, 0.4) is 0 Å². The number of likely N-dealkylation sites (N-methyl/N-ethyl adjacent to an activating group) is 1. The molecule has 31 heavy (non-hydrogen) atoms. The summed E-state index contributed by atoms with van der Waals surface area (Å²) in [6.45, 7) is 7.61. The van der Waals surface area contributed by atoms with Crippen LogP contribution in [0.5, 0.6) is 0 Å². The molecule has 0 saturated heterocycles. The number of imidazole rings is 1. The normalized spacial score (nSPS) is 15.7. The maximum Gasteiger partial charge on any atom is 0.234 e. The second-order valence-electron chi connectivity index (χ2n) is 7.63. The van der Waals surface area contributed by atoms with Gasteiger partial charge in [-0.25, -0.2) is 9.37 Å². The van der Waals surface area contributed by atoms with Crippen LogP contribution in [0.4, 0.5) is 16.0 Å². The number of rotatable bonds is 7. The molecular weight excluding hydrogens is 397 g/mol. The first kappa shape index (κ1) is 21.0. The minimum atomic E-state index is -0.708. The van der Waals surface area contributed by atoms with Crippen LogP contribution in [-0.4, -0.2) is 45.9 Å². The number of para-hydroxylation sites is 2. The molecule has 0 saturated carbocycles. The maximum atomic E-state index is 13.6. The first-order valence-electron chi connectivity index (χ1n) is 10.6. The van der Waals surface area contributed by atoms with Crippen molar-refractivity contribution in [1.29, 1.82) is 0 Å². The molecular formula is C23H26FN5O2. The molecule has 0 unspecified atom stereocenters. The third-order valence-corrected chi connectivity index (χ3v) is 5.79. The van der Waals surface area contributed by atoms with Crippen molar-refractivity contribution in [2.24, 2.45) is 0 Å². The van der Waals surface area contributed by atoms with Gasteiger partial charge in [0.25, 0.3) is 0 Å². The van der Waals surface area contributed by atoms with Crippen LogP contribution in [-0.2, 0) is 16.1 Å². The minimum Gasteiger partial charge on any atom is -0.326 e. The molecule has 1 aliphatic heterocycles. The van der Waals surface area contributed by atoms with E-state index in [1.165, 1.54) is 12.1 Å². The summed E-state index contributed by atoms with van der Waals surface area (Å²) in [5.41, 5.74) is 2.67. The molecule has 0 fully saturated rings. The lowest BCUT2D eigenvalue weighted by Gasteiger charge is -2.25. The molecule has 3 aromatic rings.